The topological polar surface area (TPSA) is 217 Å². The molecule has 2 aliphatic heterocycles. The molecule has 0 spiro atoms. The summed E-state index contributed by atoms with van der Waals surface area (Å²) < 4.78 is 24.1. The van der Waals surface area contributed by atoms with Crippen LogP contribution in [0.4, 0.5) is 0 Å². The van der Waals surface area contributed by atoms with Crippen molar-refractivity contribution in [2.45, 2.75) is 49.1 Å². The fraction of sp³-hybridized carbons (Fsp3) is 0.619. The van der Waals surface area contributed by atoms with E-state index in [0.29, 0.717) is 0 Å². The SMILES string of the molecule is CO[C@@H]1[C@H](O)[C@@H](CO)O[C@H]1n1ccc(=O)[nH]c1=O.CO[C@@H]1[C@H](O)[C@@H](CO)O[C@H]1n1ccc(=O)n(C)c1=O. The molecule has 4 rings (SSSR count). The van der Waals surface area contributed by atoms with Gasteiger partial charge < -0.3 is 39.4 Å². The fourth-order valence-electron chi connectivity index (χ4n) is 4.10. The summed E-state index contributed by atoms with van der Waals surface area (Å²) in [5.41, 5.74) is -2.21. The summed E-state index contributed by atoms with van der Waals surface area (Å²) >= 11 is 0. The highest BCUT2D eigenvalue weighted by Crippen LogP contribution is 2.30. The minimum absolute atomic E-state index is 0.391. The number of aliphatic hydroxyl groups is 4. The number of aromatic nitrogens is 4. The van der Waals surface area contributed by atoms with Gasteiger partial charge in [0.2, 0.25) is 0 Å². The highest BCUT2D eigenvalue weighted by molar-refractivity contribution is 4.95. The average molecular weight is 530 g/mol. The lowest BCUT2D eigenvalue weighted by atomic mass is 10.1. The second kappa shape index (κ2) is 12.1. The fourth-order valence-corrected chi connectivity index (χ4v) is 4.10. The number of hydrogen-bond acceptors (Lipinski definition) is 12. The first-order chi connectivity index (χ1) is 17.6. The van der Waals surface area contributed by atoms with Gasteiger partial charge in [0.15, 0.2) is 12.5 Å². The zero-order valence-corrected chi connectivity index (χ0v) is 20.2. The van der Waals surface area contributed by atoms with Crippen LogP contribution in [0.15, 0.2) is 43.7 Å². The normalized spacial score (nSPS) is 31.2. The maximum absolute atomic E-state index is 12.0. The van der Waals surface area contributed by atoms with Crippen molar-refractivity contribution in [2.24, 2.45) is 7.05 Å². The number of H-pyrrole nitrogens is 1. The molecule has 5 N–H and O–H groups in total. The van der Waals surface area contributed by atoms with Crippen molar-refractivity contribution in [1.82, 2.24) is 18.7 Å². The molecule has 2 aliphatic rings. The highest BCUT2D eigenvalue weighted by atomic mass is 16.6. The maximum Gasteiger partial charge on any atom is 0.332 e. The van der Waals surface area contributed by atoms with Gasteiger partial charge in [-0.15, -0.1) is 0 Å². The van der Waals surface area contributed by atoms with E-state index in [2.05, 4.69) is 4.98 Å². The molecule has 8 atom stereocenters. The van der Waals surface area contributed by atoms with Gasteiger partial charge in [-0.2, -0.15) is 0 Å². The standard InChI is InChI=1S/C11H16N2O6.C10H14N2O6/c1-12-7(15)3-4-13(11(12)17)10-9(18-2)8(16)6(5-14)19-10;1-17-8-7(15)5(4-13)18-9(8)12-3-2-6(14)11-10(12)16/h3-4,6,8-10,14,16H,5H2,1-2H3;2-3,5,7-9,13,15H,4H2,1H3,(H,11,14,16)/t6-,8-,9-,10-;5-,7-,8-,9-/m11/s1. The third kappa shape index (κ3) is 5.65. The van der Waals surface area contributed by atoms with Crippen molar-refractivity contribution in [2.75, 3.05) is 27.4 Å². The largest absolute Gasteiger partial charge is 0.394 e. The third-order valence-electron chi connectivity index (χ3n) is 6.15. The predicted molar refractivity (Wildman–Crippen MR) is 123 cm³/mol. The van der Waals surface area contributed by atoms with E-state index in [1.807, 2.05) is 0 Å². The molecule has 16 heteroatoms. The summed E-state index contributed by atoms with van der Waals surface area (Å²) in [6.45, 7) is -0.784. The lowest BCUT2D eigenvalue weighted by Gasteiger charge is -2.20. The van der Waals surface area contributed by atoms with Crippen LogP contribution in [0.3, 0.4) is 0 Å². The maximum atomic E-state index is 12.0. The number of aliphatic hydroxyl groups excluding tert-OH is 4. The van der Waals surface area contributed by atoms with Crippen LogP contribution < -0.4 is 22.5 Å². The Balaban J connectivity index is 0.000000206. The molecule has 16 nitrogen and oxygen atoms in total. The molecular weight excluding hydrogens is 500 g/mol. The van der Waals surface area contributed by atoms with Gasteiger partial charge in [-0.3, -0.25) is 28.3 Å². The molecule has 4 heterocycles. The van der Waals surface area contributed by atoms with Crippen molar-refractivity contribution in [3.05, 3.63) is 66.2 Å². The van der Waals surface area contributed by atoms with Crippen molar-refractivity contribution in [3.8, 4) is 0 Å². The first-order valence-corrected chi connectivity index (χ1v) is 11.1. The Bertz CT molecular complexity index is 1290. The smallest absolute Gasteiger partial charge is 0.332 e. The second-order valence-corrected chi connectivity index (χ2v) is 8.30. The summed E-state index contributed by atoms with van der Waals surface area (Å²) in [5, 5.41) is 37.9. The molecule has 37 heavy (non-hydrogen) atoms. The summed E-state index contributed by atoms with van der Waals surface area (Å²) in [7, 11) is 4.08. The van der Waals surface area contributed by atoms with Crippen molar-refractivity contribution >= 4 is 0 Å². The van der Waals surface area contributed by atoms with Gasteiger partial charge in [0, 0.05) is 45.8 Å². The van der Waals surface area contributed by atoms with Crippen LogP contribution in [0.25, 0.3) is 0 Å². The van der Waals surface area contributed by atoms with Crippen LogP contribution in [-0.4, -0.2) is 103 Å². The quantitative estimate of drug-likeness (QED) is 0.239. The van der Waals surface area contributed by atoms with E-state index in [1.54, 1.807) is 0 Å². The first-order valence-electron chi connectivity index (χ1n) is 11.1. The Labute approximate surface area is 208 Å². The number of aromatic amines is 1. The van der Waals surface area contributed by atoms with Crippen LogP contribution in [0, 0.1) is 0 Å². The predicted octanol–water partition coefficient (Wildman–Crippen LogP) is -4.39. The highest BCUT2D eigenvalue weighted by Gasteiger charge is 2.46. The minimum atomic E-state index is -1.05. The van der Waals surface area contributed by atoms with E-state index in [0.717, 1.165) is 19.8 Å². The number of methoxy groups -OCH3 is 2. The molecule has 0 aromatic carbocycles. The molecule has 0 aliphatic carbocycles. The van der Waals surface area contributed by atoms with Crippen molar-refractivity contribution in [3.63, 3.8) is 0 Å². The van der Waals surface area contributed by atoms with Crippen LogP contribution in [0.2, 0.25) is 0 Å². The number of nitrogens with one attached hydrogen (secondary N) is 1. The van der Waals surface area contributed by atoms with Gasteiger partial charge in [0.1, 0.15) is 36.6 Å². The Morgan fingerprint density at radius 1 is 0.865 bits per heavy atom. The van der Waals surface area contributed by atoms with Crippen LogP contribution in [0.5, 0.6) is 0 Å². The molecule has 2 saturated heterocycles. The molecule has 0 bridgehead atoms. The second-order valence-electron chi connectivity index (χ2n) is 8.30. The zero-order chi connectivity index (χ0) is 27.4. The minimum Gasteiger partial charge on any atom is -0.394 e. The van der Waals surface area contributed by atoms with Gasteiger partial charge in [-0.05, 0) is 0 Å². The van der Waals surface area contributed by atoms with E-state index in [9.17, 15) is 29.4 Å². The van der Waals surface area contributed by atoms with E-state index >= 15 is 0 Å². The zero-order valence-electron chi connectivity index (χ0n) is 20.2. The van der Waals surface area contributed by atoms with Crippen LogP contribution >= 0.6 is 0 Å². The lowest BCUT2D eigenvalue weighted by molar-refractivity contribution is -0.0630. The Kier molecular flexibility index (Phi) is 9.32. The number of hydrogen-bond donors (Lipinski definition) is 5. The van der Waals surface area contributed by atoms with Crippen LogP contribution in [-0.2, 0) is 26.0 Å². The monoisotopic (exact) mass is 530 g/mol. The molecule has 2 aromatic rings. The number of rotatable bonds is 6. The van der Waals surface area contributed by atoms with E-state index in [1.165, 1.54) is 39.7 Å². The van der Waals surface area contributed by atoms with Gasteiger partial charge in [0.25, 0.3) is 11.1 Å². The Morgan fingerprint density at radius 3 is 1.81 bits per heavy atom. The number of ether oxygens (including phenoxy) is 4. The first kappa shape index (κ1) is 28.6. The summed E-state index contributed by atoms with van der Waals surface area (Å²) in [5.74, 6) is 0. The molecule has 0 unspecified atom stereocenters. The van der Waals surface area contributed by atoms with Gasteiger partial charge >= 0.3 is 11.4 Å². The molecular formula is C21H30N4O12. The number of nitrogens with zero attached hydrogens (tertiary/aromatic N) is 3. The Morgan fingerprint density at radius 2 is 1.35 bits per heavy atom. The molecule has 0 amide bonds. The molecule has 2 aromatic heterocycles. The summed E-state index contributed by atoms with van der Waals surface area (Å²) in [6, 6.07) is 2.38. The Hall–Kier alpha value is -2.96. The average Bonchev–Trinajstić information content (AvgIpc) is 3.37. The molecule has 0 saturated carbocycles. The van der Waals surface area contributed by atoms with Crippen LogP contribution in [0.1, 0.15) is 12.5 Å². The summed E-state index contributed by atoms with van der Waals surface area (Å²) in [4.78, 5) is 48.0. The lowest BCUT2D eigenvalue weighted by Crippen LogP contribution is -2.42. The molecule has 2 fully saturated rings. The third-order valence-corrected chi connectivity index (χ3v) is 6.15. The van der Waals surface area contributed by atoms with Gasteiger partial charge in [-0.25, -0.2) is 9.59 Å². The van der Waals surface area contributed by atoms with E-state index < -0.39 is 84.8 Å². The van der Waals surface area contributed by atoms with E-state index in [-0.39, 0.29) is 0 Å². The van der Waals surface area contributed by atoms with E-state index in [4.69, 9.17) is 29.2 Å². The summed E-state index contributed by atoms with van der Waals surface area (Å²) in [6.07, 6.45) is -4.62. The molecule has 206 valence electrons. The van der Waals surface area contributed by atoms with Crippen molar-refractivity contribution in [1.29, 1.82) is 0 Å². The van der Waals surface area contributed by atoms with Gasteiger partial charge in [0.05, 0.1) is 13.2 Å². The van der Waals surface area contributed by atoms with Gasteiger partial charge in [-0.1, -0.05) is 0 Å². The van der Waals surface area contributed by atoms with Crippen molar-refractivity contribution < 1.29 is 39.4 Å². The molecule has 0 radical (unpaired) electrons.